The van der Waals surface area contributed by atoms with Crippen molar-refractivity contribution in [2.75, 3.05) is 6.54 Å². The third-order valence-electron chi connectivity index (χ3n) is 5.08. The zero-order chi connectivity index (χ0) is 21.2. The molecule has 2 N–H and O–H groups in total. The first-order valence-electron chi connectivity index (χ1n) is 9.22. The molecule has 29 heavy (non-hydrogen) atoms. The molecule has 1 fully saturated rings. The molecular weight excluding hydrogens is 413 g/mol. The van der Waals surface area contributed by atoms with E-state index in [0.717, 1.165) is 4.90 Å². The molecule has 2 atom stereocenters. The summed E-state index contributed by atoms with van der Waals surface area (Å²) in [5.41, 5.74) is 0.211. The van der Waals surface area contributed by atoms with Gasteiger partial charge in [-0.25, -0.2) is 4.79 Å². The second-order valence-electron chi connectivity index (χ2n) is 6.90. The molecule has 8 heteroatoms. The molecule has 2 aromatic rings. The second kappa shape index (κ2) is 8.43. The third kappa shape index (κ3) is 4.09. The third-order valence-corrected chi connectivity index (χ3v) is 5.64. The van der Waals surface area contributed by atoms with Gasteiger partial charge in [0.15, 0.2) is 0 Å². The van der Waals surface area contributed by atoms with Gasteiger partial charge in [0.05, 0.1) is 6.04 Å². The van der Waals surface area contributed by atoms with Crippen LogP contribution in [-0.2, 0) is 15.1 Å². The van der Waals surface area contributed by atoms with E-state index in [1.165, 1.54) is 0 Å². The summed E-state index contributed by atoms with van der Waals surface area (Å²) in [6.07, 6.45) is 0.372. The van der Waals surface area contributed by atoms with Crippen molar-refractivity contribution in [2.24, 2.45) is 0 Å². The number of carbonyl (C=O) groups excluding carboxylic acids is 3. The minimum Gasteiger partial charge on any atom is -0.348 e. The van der Waals surface area contributed by atoms with Crippen LogP contribution in [0.2, 0.25) is 10.0 Å². The van der Waals surface area contributed by atoms with Gasteiger partial charge < -0.3 is 10.6 Å². The van der Waals surface area contributed by atoms with E-state index < -0.39 is 29.4 Å². The molecule has 1 saturated heterocycles. The number of benzene rings is 2. The number of hydrogen-bond donors (Lipinski definition) is 2. The Morgan fingerprint density at radius 2 is 1.86 bits per heavy atom. The minimum atomic E-state index is -1.16. The van der Waals surface area contributed by atoms with E-state index in [4.69, 9.17) is 23.2 Å². The molecule has 0 spiro atoms. The van der Waals surface area contributed by atoms with Crippen molar-refractivity contribution in [3.8, 4) is 0 Å². The smallest absolute Gasteiger partial charge is 0.325 e. The van der Waals surface area contributed by atoms with Crippen LogP contribution >= 0.6 is 23.2 Å². The predicted octanol–water partition coefficient (Wildman–Crippen LogP) is 4.03. The highest BCUT2D eigenvalue weighted by Gasteiger charge is 2.51. The second-order valence-corrected chi connectivity index (χ2v) is 7.75. The summed E-state index contributed by atoms with van der Waals surface area (Å²) < 4.78 is 0. The van der Waals surface area contributed by atoms with Gasteiger partial charge in [-0.15, -0.1) is 0 Å². The van der Waals surface area contributed by atoms with Crippen LogP contribution in [0.15, 0.2) is 48.5 Å². The summed E-state index contributed by atoms with van der Waals surface area (Å²) >= 11 is 12.1. The molecule has 1 heterocycles. The largest absolute Gasteiger partial charge is 0.348 e. The van der Waals surface area contributed by atoms with Crippen molar-refractivity contribution in [3.05, 3.63) is 69.7 Å². The number of nitrogens with zero attached hydrogens (tertiary/aromatic N) is 1. The average molecular weight is 434 g/mol. The summed E-state index contributed by atoms with van der Waals surface area (Å²) in [6.45, 7) is 3.20. The van der Waals surface area contributed by atoms with Crippen LogP contribution in [0.4, 0.5) is 4.79 Å². The molecular formula is C21H21Cl2N3O3. The maximum absolute atomic E-state index is 13.1. The van der Waals surface area contributed by atoms with Crippen LogP contribution in [0, 0.1) is 0 Å². The molecule has 0 aromatic heterocycles. The van der Waals surface area contributed by atoms with Crippen LogP contribution in [0.3, 0.4) is 0 Å². The number of nitrogens with one attached hydrogen (secondary N) is 2. The zero-order valence-corrected chi connectivity index (χ0v) is 17.6. The molecule has 6 nitrogen and oxygen atoms in total. The summed E-state index contributed by atoms with van der Waals surface area (Å²) in [5.74, 6) is -0.907. The topological polar surface area (TPSA) is 78.5 Å². The fourth-order valence-corrected chi connectivity index (χ4v) is 4.07. The molecule has 1 aliphatic heterocycles. The minimum absolute atomic E-state index is 0.372. The quantitative estimate of drug-likeness (QED) is 0.674. The zero-order valence-electron chi connectivity index (χ0n) is 16.0. The molecule has 1 aliphatic rings. The highest BCUT2D eigenvalue weighted by molar-refractivity contribution is 6.35. The van der Waals surface area contributed by atoms with Gasteiger partial charge in [0.1, 0.15) is 12.1 Å². The Bertz CT molecular complexity index is 951. The molecule has 3 rings (SSSR count). The number of hydrogen-bond acceptors (Lipinski definition) is 3. The van der Waals surface area contributed by atoms with Gasteiger partial charge in [-0.3, -0.25) is 14.5 Å². The highest BCUT2D eigenvalue weighted by atomic mass is 35.5. The van der Waals surface area contributed by atoms with Gasteiger partial charge in [-0.1, -0.05) is 66.5 Å². The van der Waals surface area contributed by atoms with Gasteiger partial charge in [0.2, 0.25) is 5.91 Å². The molecule has 0 unspecified atom stereocenters. The summed E-state index contributed by atoms with van der Waals surface area (Å²) in [4.78, 5) is 39.1. The monoisotopic (exact) mass is 433 g/mol. The Labute approximate surface area is 179 Å². The van der Waals surface area contributed by atoms with Gasteiger partial charge in [-0.05, 0) is 36.6 Å². The Morgan fingerprint density at radius 3 is 2.48 bits per heavy atom. The summed E-state index contributed by atoms with van der Waals surface area (Å²) in [7, 11) is 0. The first-order valence-corrected chi connectivity index (χ1v) is 9.98. The molecule has 0 bridgehead atoms. The van der Waals surface area contributed by atoms with Crippen LogP contribution in [0.5, 0.6) is 0 Å². The number of carbonyl (C=O) groups is 3. The van der Waals surface area contributed by atoms with E-state index in [0.29, 0.717) is 27.6 Å². The molecule has 152 valence electrons. The molecule has 0 saturated carbocycles. The van der Waals surface area contributed by atoms with E-state index in [2.05, 4.69) is 10.6 Å². The van der Waals surface area contributed by atoms with Crippen molar-refractivity contribution in [2.45, 2.75) is 31.8 Å². The van der Waals surface area contributed by atoms with E-state index in [9.17, 15) is 14.4 Å². The number of amides is 4. The number of imide groups is 1. The standard InChI is InChI=1S/C21H21Cl2N3O3/c1-3-21(14-7-5-4-6-8-14)19(28)26(20(29)25-21)12-18(27)24-13(2)16-10-9-15(22)11-17(16)23/h4-11,13H,3,12H2,1-2H3,(H,24,27)(H,25,29)/t13-,21-/m0/s1. The lowest BCUT2D eigenvalue weighted by Crippen LogP contribution is -2.45. The maximum atomic E-state index is 13.1. The van der Waals surface area contributed by atoms with Crippen molar-refractivity contribution in [1.29, 1.82) is 0 Å². The maximum Gasteiger partial charge on any atom is 0.325 e. The van der Waals surface area contributed by atoms with E-state index in [1.54, 1.807) is 49.4 Å². The van der Waals surface area contributed by atoms with E-state index in [1.807, 2.05) is 13.0 Å². The molecule has 2 aromatic carbocycles. The summed E-state index contributed by atoms with van der Waals surface area (Å²) in [5, 5.41) is 6.45. The van der Waals surface area contributed by atoms with Gasteiger partial charge in [0, 0.05) is 10.0 Å². The lowest BCUT2D eigenvalue weighted by molar-refractivity contribution is -0.135. The summed E-state index contributed by atoms with van der Waals surface area (Å²) in [6, 6.07) is 13.0. The van der Waals surface area contributed by atoms with Gasteiger partial charge in [-0.2, -0.15) is 0 Å². The highest BCUT2D eigenvalue weighted by Crippen LogP contribution is 2.32. The van der Waals surface area contributed by atoms with Gasteiger partial charge in [0.25, 0.3) is 5.91 Å². The van der Waals surface area contributed by atoms with Gasteiger partial charge >= 0.3 is 6.03 Å². The van der Waals surface area contributed by atoms with E-state index >= 15 is 0 Å². The Balaban J connectivity index is 1.73. The van der Waals surface area contributed by atoms with Crippen LogP contribution in [0.1, 0.15) is 37.4 Å². The number of halogens is 2. The van der Waals surface area contributed by atoms with Crippen molar-refractivity contribution in [3.63, 3.8) is 0 Å². The average Bonchev–Trinajstić information content (AvgIpc) is 2.93. The fraction of sp³-hybridized carbons (Fsp3) is 0.286. The fourth-order valence-electron chi connectivity index (χ4n) is 3.49. The first-order chi connectivity index (χ1) is 13.8. The number of urea groups is 1. The lowest BCUT2D eigenvalue weighted by atomic mass is 9.87. The van der Waals surface area contributed by atoms with E-state index in [-0.39, 0.29) is 6.54 Å². The normalized spacial score (nSPS) is 19.8. The number of rotatable bonds is 6. The van der Waals surface area contributed by atoms with Crippen molar-refractivity contribution < 1.29 is 14.4 Å². The molecule has 0 radical (unpaired) electrons. The predicted molar refractivity (Wildman–Crippen MR) is 112 cm³/mol. The van der Waals surface area contributed by atoms with Crippen molar-refractivity contribution in [1.82, 2.24) is 15.5 Å². The van der Waals surface area contributed by atoms with Crippen LogP contribution in [-0.4, -0.2) is 29.3 Å². The Morgan fingerprint density at radius 1 is 1.17 bits per heavy atom. The Hall–Kier alpha value is -2.57. The van der Waals surface area contributed by atoms with Crippen molar-refractivity contribution >= 4 is 41.0 Å². The van der Waals surface area contributed by atoms with Crippen LogP contribution in [0.25, 0.3) is 0 Å². The lowest BCUT2D eigenvalue weighted by Gasteiger charge is -2.25. The first kappa shape index (κ1) is 21.1. The SMILES string of the molecule is CC[C@@]1(c2ccccc2)NC(=O)N(CC(=O)N[C@@H](C)c2ccc(Cl)cc2Cl)C1=O. The Kier molecular flexibility index (Phi) is 6.15. The van der Waals surface area contributed by atoms with Crippen LogP contribution < -0.4 is 10.6 Å². The molecule has 4 amide bonds. The molecule has 0 aliphatic carbocycles.